The maximum Gasteiger partial charge on any atom is 0.0698 e. The lowest BCUT2D eigenvalue weighted by Gasteiger charge is -2.40. The second-order valence-electron chi connectivity index (χ2n) is 5.56. The molecule has 2 N–H and O–H groups in total. The maximum atomic E-state index is 6.39. The number of rotatable bonds is 5. The summed E-state index contributed by atoms with van der Waals surface area (Å²) in [6, 6.07) is 8.47. The van der Waals surface area contributed by atoms with Gasteiger partial charge in [-0.05, 0) is 43.5 Å². The van der Waals surface area contributed by atoms with Gasteiger partial charge in [-0.15, -0.1) is 0 Å². The molecule has 0 aromatic heterocycles. The molecule has 1 aliphatic heterocycles. The Hall–Kier alpha value is -0.610. The molecule has 1 aliphatic rings. The summed E-state index contributed by atoms with van der Waals surface area (Å²) in [5.74, 6) is 0. The van der Waals surface area contributed by atoms with Crippen LogP contribution in [-0.2, 0) is 4.74 Å². The van der Waals surface area contributed by atoms with E-state index in [2.05, 4.69) is 24.0 Å². The molecule has 3 unspecified atom stereocenters. The molecule has 0 radical (unpaired) electrons. The quantitative estimate of drug-likeness (QED) is 0.906. The lowest BCUT2D eigenvalue weighted by atomic mass is 9.94. The van der Waals surface area contributed by atoms with Crippen LogP contribution in [-0.4, -0.2) is 37.2 Å². The number of likely N-dealkylation sites (tertiary alicyclic amines) is 1. The van der Waals surface area contributed by atoms with Crippen molar-refractivity contribution in [3.05, 3.63) is 34.9 Å². The van der Waals surface area contributed by atoms with Crippen molar-refractivity contribution in [3.8, 4) is 0 Å². The van der Waals surface area contributed by atoms with Gasteiger partial charge in [0.25, 0.3) is 0 Å². The van der Waals surface area contributed by atoms with E-state index in [-0.39, 0.29) is 12.1 Å². The highest BCUT2D eigenvalue weighted by Crippen LogP contribution is 2.29. The minimum atomic E-state index is 0.131. The van der Waals surface area contributed by atoms with Gasteiger partial charge in [0.05, 0.1) is 6.10 Å². The van der Waals surface area contributed by atoms with E-state index in [4.69, 9.17) is 22.1 Å². The molecule has 20 heavy (non-hydrogen) atoms. The second kappa shape index (κ2) is 7.41. The van der Waals surface area contributed by atoms with Gasteiger partial charge in [-0.2, -0.15) is 0 Å². The number of methoxy groups -OCH3 is 1. The van der Waals surface area contributed by atoms with Crippen molar-refractivity contribution < 1.29 is 4.74 Å². The number of piperidine rings is 1. The number of benzene rings is 1. The highest BCUT2D eigenvalue weighted by Gasteiger charge is 2.30. The SMILES string of the molecule is CCC(N)C(c1ccc(Cl)cc1)N1CCCC(OC)C1. The van der Waals surface area contributed by atoms with E-state index in [9.17, 15) is 0 Å². The number of nitrogens with two attached hydrogens (primary N) is 1. The molecule has 0 spiro atoms. The molecule has 1 aromatic rings. The Labute approximate surface area is 127 Å². The summed E-state index contributed by atoms with van der Waals surface area (Å²) < 4.78 is 5.54. The van der Waals surface area contributed by atoms with Crippen molar-refractivity contribution in [3.63, 3.8) is 0 Å². The average Bonchev–Trinajstić information content (AvgIpc) is 2.49. The molecule has 1 aromatic carbocycles. The molecule has 0 saturated carbocycles. The van der Waals surface area contributed by atoms with Gasteiger partial charge in [0.15, 0.2) is 0 Å². The summed E-state index contributed by atoms with van der Waals surface area (Å²) >= 11 is 6.00. The summed E-state index contributed by atoms with van der Waals surface area (Å²) in [6.07, 6.45) is 3.59. The molecule has 0 amide bonds. The van der Waals surface area contributed by atoms with Crippen LogP contribution in [0.2, 0.25) is 5.02 Å². The van der Waals surface area contributed by atoms with Gasteiger partial charge in [-0.3, -0.25) is 4.90 Å². The predicted octanol–water partition coefficient (Wildman–Crippen LogP) is 3.23. The molecule has 0 aliphatic carbocycles. The van der Waals surface area contributed by atoms with E-state index in [1.54, 1.807) is 7.11 Å². The summed E-state index contributed by atoms with van der Waals surface area (Å²) in [6.45, 7) is 4.18. The zero-order chi connectivity index (χ0) is 14.5. The maximum absolute atomic E-state index is 6.39. The van der Waals surface area contributed by atoms with Crippen LogP contribution in [0, 0.1) is 0 Å². The number of ether oxygens (including phenoxy) is 1. The smallest absolute Gasteiger partial charge is 0.0698 e. The third kappa shape index (κ3) is 3.73. The zero-order valence-corrected chi connectivity index (χ0v) is 13.1. The summed E-state index contributed by atoms with van der Waals surface area (Å²) in [4.78, 5) is 2.47. The third-order valence-electron chi connectivity index (χ3n) is 4.22. The van der Waals surface area contributed by atoms with Crippen LogP contribution in [0.4, 0.5) is 0 Å². The van der Waals surface area contributed by atoms with Crippen LogP contribution in [0.3, 0.4) is 0 Å². The van der Waals surface area contributed by atoms with Crippen molar-refractivity contribution >= 4 is 11.6 Å². The molecule has 1 saturated heterocycles. The fourth-order valence-corrected chi connectivity index (χ4v) is 3.15. The van der Waals surface area contributed by atoms with E-state index in [0.717, 1.165) is 31.0 Å². The Balaban J connectivity index is 2.20. The van der Waals surface area contributed by atoms with Gasteiger partial charge in [0.2, 0.25) is 0 Å². The number of hydrogen-bond acceptors (Lipinski definition) is 3. The topological polar surface area (TPSA) is 38.5 Å². The summed E-state index contributed by atoms with van der Waals surface area (Å²) in [5, 5.41) is 0.769. The Morgan fingerprint density at radius 1 is 1.40 bits per heavy atom. The molecular formula is C16H25ClN2O. The van der Waals surface area contributed by atoms with Crippen LogP contribution < -0.4 is 5.73 Å². The van der Waals surface area contributed by atoms with Crippen molar-refractivity contribution in [1.29, 1.82) is 0 Å². The normalized spacial score (nSPS) is 23.5. The van der Waals surface area contributed by atoms with Crippen LogP contribution >= 0.6 is 11.6 Å². The minimum Gasteiger partial charge on any atom is -0.380 e. The van der Waals surface area contributed by atoms with Crippen molar-refractivity contribution in [2.24, 2.45) is 5.73 Å². The second-order valence-corrected chi connectivity index (χ2v) is 6.00. The monoisotopic (exact) mass is 296 g/mol. The minimum absolute atomic E-state index is 0.131. The summed E-state index contributed by atoms with van der Waals surface area (Å²) in [5.41, 5.74) is 7.64. The van der Waals surface area contributed by atoms with E-state index < -0.39 is 0 Å². The molecule has 2 rings (SSSR count). The van der Waals surface area contributed by atoms with Gasteiger partial charge in [-0.25, -0.2) is 0 Å². The van der Waals surface area contributed by atoms with Gasteiger partial charge in [-0.1, -0.05) is 30.7 Å². The van der Waals surface area contributed by atoms with Gasteiger partial charge >= 0.3 is 0 Å². The molecule has 4 heteroatoms. The van der Waals surface area contributed by atoms with Gasteiger partial charge in [0.1, 0.15) is 0 Å². The van der Waals surface area contributed by atoms with Crippen LogP contribution in [0.1, 0.15) is 37.8 Å². The lowest BCUT2D eigenvalue weighted by Crippen LogP contribution is -2.47. The predicted molar refractivity (Wildman–Crippen MR) is 84.1 cm³/mol. The van der Waals surface area contributed by atoms with Crippen molar-refractivity contribution in [2.75, 3.05) is 20.2 Å². The van der Waals surface area contributed by atoms with Crippen LogP contribution in [0.5, 0.6) is 0 Å². The first-order chi connectivity index (χ1) is 9.65. The molecule has 112 valence electrons. The average molecular weight is 297 g/mol. The highest BCUT2D eigenvalue weighted by atomic mass is 35.5. The van der Waals surface area contributed by atoms with E-state index in [1.807, 2.05) is 12.1 Å². The van der Waals surface area contributed by atoms with E-state index in [1.165, 1.54) is 12.0 Å². The standard InChI is InChI=1S/C16H25ClN2O/c1-3-15(18)16(12-6-8-13(17)9-7-12)19-10-4-5-14(11-19)20-2/h6-9,14-16H,3-5,10-11,18H2,1-2H3. The molecule has 1 fully saturated rings. The highest BCUT2D eigenvalue weighted by molar-refractivity contribution is 6.30. The Kier molecular flexibility index (Phi) is 5.85. The Morgan fingerprint density at radius 2 is 2.10 bits per heavy atom. The van der Waals surface area contributed by atoms with Crippen molar-refractivity contribution in [2.45, 2.75) is 44.4 Å². The number of hydrogen-bond donors (Lipinski definition) is 1. The van der Waals surface area contributed by atoms with Gasteiger partial charge < -0.3 is 10.5 Å². The summed E-state index contributed by atoms with van der Waals surface area (Å²) in [7, 11) is 1.80. The van der Waals surface area contributed by atoms with E-state index >= 15 is 0 Å². The Morgan fingerprint density at radius 3 is 2.70 bits per heavy atom. The van der Waals surface area contributed by atoms with Gasteiger partial charge in [0, 0.05) is 30.8 Å². The molecular weight excluding hydrogens is 272 g/mol. The van der Waals surface area contributed by atoms with Crippen molar-refractivity contribution in [1.82, 2.24) is 4.90 Å². The molecule has 1 heterocycles. The number of nitrogens with zero attached hydrogens (tertiary/aromatic N) is 1. The molecule has 3 nitrogen and oxygen atoms in total. The first-order valence-corrected chi connectivity index (χ1v) is 7.81. The fraction of sp³-hybridized carbons (Fsp3) is 0.625. The lowest BCUT2D eigenvalue weighted by molar-refractivity contribution is 0.00900. The van der Waals surface area contributed by atoms with E-state index in [0.29, 0.717) is 6.10 Å². The zero-order valence-electron chi connectivity index (χ0n) is 12.4. The third-order valence-corrected chi connectivity index (χ3v) is 4.48. The Bertz CT molecular complexity index is 409. The first-order valence-electron chi connectivity index (χ1n) is 7.43. The molecule has 0 bridgehead atoms. The first kappa shape index (κ1) is 15.8. The van der Waals surface area contributed by atoms with Crippen LogP contribution in [0.15, 0.2) is 24.3 Å². The molecule has 3 atom stereocenters. The fourth-order valence-electron chi connectivity index (χ4n) is 3.02. The van der Waals surface area contributed by atoms with Crippen LogP contribution in [0.25, 0.3) is 0 Å². The largest absolute Gasteiger partial charge is 0.380 e. The number of halogens is 1.